The number of esters is 1. The third-order valence-electron chi connectivity index (χ3n) is 2.17. The minimum absolute atomic E-state index is 0.0542. The molecule has 1 N–H and O–H groups in total. The van der Waals surface area contributed by atoms with Crippen LogP contribution in [-0.4, -0.2) is 31.6 Å². The molecule has 0 aliphatic rings. The van der Waals surface area contributed by atoms with E-state index in [9.17, 15) is 9.59 Å². The number of hydrogen-bond acceptors (Lipinski definition) is 4. The van der Waals surface area contributed by atoms with E-state index < -0.39 is 5.97 Å². The van der Waals surface area contributed by atoms with Gasteiger partial charge in [0.15, 0.2) is 0 Å². The van der Waals surface area contributed by atoms with Gasteiger partial charge in [0.1, 0.15) is 12.3 Å². The molecule has 0 radical (unpaired) electrons. The van der Waals surface area contributed by atoms with Crippen LogP contribution in [0, 0.1) is 0 Å². The summed E-state index contributed by atoms with van der Waals surface area (Å²) in [5, 5.41) is 2.47. The minimum atomic E-state index is -0.503. The first-order valence-electron chi connectivity index (χ1n) is 5.75. The monoisotopic (exact) mass is 329 g/mol. The molecule has 0 aliphatic carbocycles. The van der Waals surface area contributed by atoms with E-state index in [0.717, 1.165) is 4.47 Å². The third-order valence-corrected chi connectivity index (χ3v) is 2.67. The summed E-state index contributed by atoms with van der Waals surface area (Å²) >= 11 is 3.32. The second kappa shape index (κ2) is 7.13. The Morgan fingerprint density at radius 3 is 2.63 bits per heavy atom. The average Bonchev–Trinajstić information content (AvgIpc) is 2.35. The first-order valence-corrected chi connectivity index (χ1v) is 6.54. The van der Waals surface area contributed by atoms with Crippen LogP contribution in [0.3, 0.4) is 0 Å². The van der Waals surface area contributed by atoms with Crippen LogP contribution in [0.5, 0.6) is 5.75 Å². The Morgan fingerprint density at radius 2 is 2.05 bits per heavy atom. The summed E-state index contributed by atoms with van der Waals surface area (Å²) < 4.78 is 10.8. The fourth-order valence-corrected chi connectivity index (χ4v) is 1.70. The Bertz CT molecular complexity index is 474. The number of amides is 1. The standard InChI is InChI=1S/C13H16BrNO4/c1-8(2)19-11-6-9(14)4-5-10(11)13(17)15-7-12(16)18-3/h4-6,8H,7H2,1-3H3,(H,15,17). The molecule has 0 saturated carbocycles. The minimum Gasteiger partial charge on any atom is -0.490 e. The lowest BCUT2D eigenvalue weighted by Gasteiger charge is -2.14. The van der Waals surface area contributed by atoms with Gasteiger partial charge in [0.25, 0.3) is 5.91 Å². The van der Waals surface area contributed by atoms with Crippen LogP contribution >= 0.6 is 15.9 Å². The Kier molecular flexibility index (Phi) is 5.82. The molecule has 1 amide bonds. The smallest absolute Gasteiger partial charge is 0.325 e. The maximum absolute atomic E-state index is 12.0. The third kappa shape index (κ3) is 4.90. The summed E-state index contributed by atoms with van der Waals surface area (Å²) in [4.78, 5) is 23.0. The van der Waals surface area contributed by atoms with Gasteiger partial charge < -0.3 is 14.8 Å². The SMILES string of the molecule is COC(=O)CNC(=O)c1ccc(Br)cc1OC(C)C. The van der Waals surface area contributed by atoms with Crippen LogP contribution in [0.2, 0.25) is 0 Å². The quantitative estimate of drug-likeness (QED) is 0.840. The van der Waals surface area contributed by atoms with Gasteiger partial charge in [-0.1, -0.05) is 15.9 Å². The van der Waals surface area contributed by atoms with Crippen molar-refractivity contribution in [1.82, 2.24) is 5.32 Å². The van der Waals surface area contributed by atoms with Crippen LogP contribution in [0.15, 0.2) is 22.7 Å². The van der Waals surface area contributed by atoms with Crippen molar-refractivity contribution in [3.05, 3.63) is 28.2 Å². The van der Waals surface area contributed by atoms with Gasteiger partial charge in [-0.3, -0.25) is 9.59 Å². The van der Waals surface area contributed by atoms with Gasteiger partial charge in [0.05, 0.1) is 18.8 Å². The molecule has 0 fully saturated rings. The maximum Gasteiger partial charge on any atom is 0.325 e. The molecule has 1 rings (SSSR count). The van der Waals surface area contributed by atoms with E-state index in [1.54, 1.807) is 18.2 Å². The first kappa shape index (κ1) is 15.5. The molecule has 0 aliphatic heterocycles. The highest BCUT2D eigenvalue weighted by molar-refractivity contribution is 9.10. The van der Waals surface area contributed by atoms with Crippen molar-refractivity contribution < 1.29 is 19.1 Å². The van der Waals surface area contributed by atoms with Crippen molar-refractivity contribution in [3.63, 3.8) is 0 Å². The van der Waals surface area contributed by atoms with Crippen molar-refractivity contribution in [2.45, 2.75) is 20.0 Å². The van der Waals surface area contributed by atoms with Crippen LogP contribution in [0.1, 0.15) is 24.2 Å². The van der Waals surface area contributed by atoms with Crippen molar-refractivity contribution in [3.8, 4) is 5.75 Å². The van der Waals surface area contributed by atoms with Crippen LogP contribution in [-0.2, 0) is 9.53 Å². The number of methoxy groups -OCH3 is 1. The number of hydrogen-bond donors (Lipinski definition) is 1. The lowest BCUT2D eigenvalue weighted by Crippen LogP contribution is -2.30. The molecule has 0 bridgehead atoms. The Morgan fingerprint density at radius 1 is 1.37 bits per heavy atom. The second-order valence-corrected chi connectivity index (χ2v) is 4.98. The molecule has 0 unspecified atom stereocenters. The molecule has 0 spiro atoms. The highest BCUT2D eigenvalue weighted by Gasteiger charge is 2.15. The summed E-state index contributed by atoms with van der Waals surface area (Å²) in [6, 6.07) is 5.09. The second-order valence-electron chi connectivity index (χ2n) is 4.07. The Balaban J connectivity index is 2.86. The molecule has 19 heavy (non-hydrogen) atoms. The van der Waals surface area contributed by atoms with E-state index in [0.29, 0.717) is 11.3 Å². The largest absolute Gasteiger partial charge is 0.490 e. The fourth-order valence-electron chi connectivity index (χ4n) is 1.36. The zero-order chi connectivity index (χ0) is 14.4. The Hall–Kier alpha value is -1.56. The number of halogens is 1. The summed E-state index contributed by atoms with van der Waals surface area (Å²) in [5.41, 5.74) is 0.376. The average molecular weight is 330 g/mol. The molecule has 0 aromatic heterocycles. The van der Waals surface area contributed by atoms with Crippen molar-refractivity contribution in [1.29, 1.82) is 0 Å². The molecule has 104 valence electrons. The van der Waals surface area contributed by atoms with E-state index >= 15 is 0 Å². The van der Waals surface area contributed by atoms with E-state index in [1.807, 2.05) is 13.8 Å². The van der Waals surface area contributed by atoms with E-state index in [4.69, 9.17) is 4.74 Å². The fraction of sp³-hybridized carbons (Fsp3) is 0.385. The molecule has 0 heterocycles. The summed E-state index contributed by atoms with van der Waals surface area (Å²) in [7, 11) is 1.27. The normalized spacial score (nSPS) is 10.2. The predicted octanol–water partition coefficient (Wildman–Crippen LogP) is 2.14. The highest BCUT2D eigenvalue weighted by Crippen LogP contribution is 2.24. The Labute approximate surface area is 120 Å². The highest BCUT2D eigenvalue weighted by atomic mass is 79.9. The zero-order valence-electron chi connectivity index (χ0n) is 11.0. The number of rotatable bonds is 5. The van der Waals surface area contributed by atoms with Crippen molar-refractivity contribution in [2.24, 2.45) is 0 Å². The van der Waals surface area contributed by atoms with E-state index in [-0.39, 0.29) is 18.6 Å². The lowest BCUT2D eigenvalue weighted by molar-refractivity contribution is -0.139. The van der Waals surface area contributed by atoms with Gasteiger partial charge in [0.2, 0.25) is 0 Å². The molecule has 5 nitrogen and oxygen atoms in total. The van der Waals surface area contributed by atoms with Crippen LogP contribution < -0.4 is 10.1 Å². The number of carbonyl (C=O) groups is 2. The van der Waals surface area contributed by atoms with Gasteiger partial charge in [-0.25, -0.2) is 0 Å². The molecule has 1 aromatic rings. The van der Waals surface area contributed by atoms with E-state index in [2.05, 4.69) is 26.0 Å². The van der Waals surface area contributed by atoms with Crippen LogP contribution in [0.25, 0.3) is 0 Å². The molecule has 0 atom stereocenters. The molecular formula is C13H16BrNO4. The summed E-state index contributed by atoms with van der Waals surface area (Å²) in [5.74, 6) is -0.419. The van der Waals surface area contributed by atoms with Gasteiger partial charge in [0, 0.05) is 4.47 Å². The molecule has 6 heteroatoms. The van der Waals surface area contributed by atoms with Gasteiger partial charge >= 0.3 is 5.97 Å². The van der Waals surface area contributed by atoms with Crippen molar-refractivity contribution in [2.75, 3.05) is 13.7 Å². The van der Waals surface area contributed by atoms with Gasteiger partial charge in [-0.05, 0) is 32.0 Å². The summed E-state index contributed by atoms with van der Waals surface area (Å²) in [6.07, 6.45) is -0.0542. The lowest BCUT2D eigenvalue weighted by atomic mass is 10.2. The first-order chi connectivity index (χ1) is 8.93. The number of benzene rings is 1. The predicted molar refractivity (Wildman–Crippen MR) is 74.3 cm³/mol. The molecule has 1 aromatic carbocycles. The summed E-state index contributed by atoms with van der Waals surface area (Å²) in [6.45, 7) is 3.57. The number of ether oxygens (including phenoxy) is 2. The zero-order valence-corrected chi connectivity index (χ0v) is 12.6. The molecule has 0 saturated heterocycles. The van der Waals surface area contributed by atoms with Gasteiger partial charge in [-0.15, -0.1) is 0 Å². The van der Waals surface area contributed by atoms with Crippen molar-refractivity contribution >= 4 is 27.8 Å². The topological polar surface area (TPSA) is 64.6 Å². The van der Waals surface area contributed by atoms with E-state index in [1.165, 1.54) is 7.11 Å². The number of nitrogens with one attached hydrogen (secondary N) is 1. The van der Waals surface area contributed by atoms with Gasteiger partial charge in [-0.2, -0.15) is 0 Å². The molecular weight excluding hydrogens is 314 g/mol. The number of carbonyl (C=O) groups excluding carboxylic acids is 2. The maximum atomic E-state index is 12.0. The van der Waals surface area contributed by atoms with Crippen LogP contribution in [0.4, 0.5) is 0 Å².